The Balaban J connectivity index is 2.06. The van der Waals surface area contributed by atoms with Crippen molar-refractivity contribution in [3.05, 3.63) is 59.7 Å². The van der Waals surface area contributed by atoms with Gasteiger partial charge in [0.1, 0.15) is 5.75 Å². The van der Waals surface area contributed by atoms with Crippen LogP contribution in [0.4, 0.5) is 0 Å². The van der Waals surface area contributed by atoms with Crippen LogP contribution >= 0.6 is 11.8 Å². The molecule has 1 unspecified atom stereocenters. The molecule has 2 aromatic rings. The number of carbonyl (C=O) groups is 1. The fourth-order valence-corrected chi connectivity index (χ4v) is 2.43. The van der Waals surface area contributed by atoms with E-state index in [0.717, 1.165) is 5.56 Å². The van der Waals surface area contributed by atoms with Gasteiger partial charge in [0.05, 0.1) is 13.2 Å². The molecule has 2 aromatic carbocycles. The largest absolute Gasteiger partial charge is 0.497 e. The average molecular weight is 301 g/mol. The van der Waals surface area contributed by atoms with Crippen LogP contribution in [0, 0.1) is 0 Å². The Morgan fingerprint density at radius 1 is 1.19 bits per heavy atom. The highest BCUT2D eigenvalue weighted by atomic mass is 32.2. The summed E-state index contributed by atoms with van der Waals surface area (Å²) in [5, 5.41) is 3.00. The zero-order chi connectivity index (χ0) is 15.2. The molecule has 0 aliphatic heterocycles. The minimum atomic E-state index is -0.102. The highest BCUT2D eigenvalue weighted by molar-refractivity contribution is 7.98. The molecule has 0 aliphatic carbocycles. The number of hydrogen-bond acceptors (Lipinski definition) is 3. The van der Waals surface area contributed by atoms with Crippen LogP contribution in [0.1, 0.15) is 28.9 Å². The Morgan fingerprint density at radius 3 is 2.52 bits per heavy atom. The summed E-state index contributed by atoms with van der Waals surface area (Å²) in [5.41, 5.74) is 1.69. The van der Waals surface area contributed by atoms with Crippen molar-refractivity contribution in [2.24, 2.45) is 0 Å². The highest BCUT2D eigenvalue weighted by Crippen LogP contribution is 2.19. The number of nitrogens with one attached hydrogen (secondary N) is 1. The van der Waals surface area contributed by atoms with E-state index in [4.69, 9.17) is 4.74 Å². The minimum absolute atomic E-state index is 0.0420. The van der Waals surface area contributed by atoms with Crippen LogP contribution in [0.3, 0.4) is 0 Å². The predicted octanol–water partition coefficient (Wildman–Crippen LogP) is 3.91. The fraction of sp³-hybridized carbons (Fsp3) is 0.235. The molecule has 1 atom stereocenters. The number of ether oxygens (including phenoxy) is 1. The number of hydrogen-bond donors (Lipinski definition) is 1. The Hall–Kier alpha value is -1.94. The summed E-state index contributed by atoms with van der Waals surface area (Å²) in [7, 11) is 1.59. The van der Waals surface area contributed by atoms with Crippen molar-refractivity contribution in [3.8, 4) is 5.75 Å². The molecule has 21 heavy (non-hydrogen) atoms. The number of methoxy groups -OCH3 is 1. The third-order valence-electron chi connectivity index (χ3n) is 3.30. The first kappa shape index (κ1) is 15.4. The van der Waals surface area contributed by atoms with Crippen molar-refractivity contribution in [1.82, 2.24) is 5.32 Å². The molecule has 1 amide bonds. The Bertz CT molecular complexity index is 610. The zero-order valence-electron chi connectivity index (χ0n) is 12.4. The van der Waals surface area contributed by atoms with Crippen molar-refractivity contribution >= 4 is 17.7 Å². The molecule has 110 valence electrons. The number of amides is 1. The van der Waals surface area contributed by atoms with E-state index in [1.165, 1.54) is 4.90 Å². The molecule has 0 fully saturated rings. The lowest BCUT2D eigenvalue weighted by molar-refractivity contribution is 0.0939. The van der Waals surface area contributed by atoms with E-state index < -0.39 is 0 Å². The first-order valence-electron chi connectivity index (χ1n) is 6.73. The van der Waals surface area contributed by atoms with E-state index in [1.54, 1.807) is 31.0 Å². The van der Waals surface area contributed by atoms with Gasteiger partial charge >= 0.3 is 0 Å². The van der Waals surface area contributed by atoms with Gasteiger partial charge in [-0.1, -0.05) is 18.2 Å². The molecule has 1 N–H and O–H groups in total. The molecule has 2 rings (SSSR count). The molecule has 0 aromatic heterocycles. The van der Waals surface area contributed by atoms with Gasteiger partial charge in [0.15, 0.2) is 0 Å². The Kier molecular flexibility index (Phi) is 5.28. The first-order valence-corrected chi connectivity index (χ1v) is 7.95. The van der Waals surface area contributed by atoms with E-state index in [2.05, 4.69) is 17.4 Å². The van der Waals surface area contributed by atoms with Crippen LogP contribution in [0.15, 0.2) is 53.4 Å². The van der Waals surface area contributed by atoms with Gasteiger partial charge in [0.2, 0.25) is 0 Å². The lowest BCUT2D eigenvalue weighted by Gasteiger charge is -2.15. The molecule has 0 saturated heterocycles. The van der Waals surface area contributed by atoms with Crippen molar-refractivity contribution in [2.45, 2.75) is 17.9 Å². The number of thioether (sulfide) groups is 1. The molecule has 0 spiro atoms. The molecule has 0 heterocycles. The number of rotatable bonds is 5. The molecule has 0 aliphatic rings. The third kappa shape index (κ3) is 4.02. The lowest BCUT2D eigenvalue weighted by atomic mass is 10.1. The molecule has 0 bridgehead atoms. The molecule has 4 heteroatoms. The minimum Gasteiger partial charge on any atom is -0.497 e. The van der Waals surface area contributed by atoms with Crippen molar-refractivity contribution in [1.29, 1.82) is 0 Å². The van der Waals surface area contributed by atoms with Gasteiger partial charge in [0.25, 0.3) is 5.91 Å². The average Bonchev–Trinajstić information content (AvgIpc) is 2.54. The van der Waals surface area contributed by atoms with Crippen LogP contribution < -0.4 is 10.1 Å². The van der Waals surface area contributed by atoms with Crippen LogP contribution in [0.25, 0.3) is 0 Å². The Labute approximate surface area is 129 Å². The third-order valence-corrected chi connectivity index (χ3v) is 4.04. The van der Waals surface area contributed by atoms with E-state index >= 15 is 0 Å². The summed E-state index contributed by atoms with van der Waals surface area (Å²) in [6.45, 7) is 1.98. The number of carbonyl (C=O) groups excluding carboxylic acids is 1. The maximum absolute atomic E-state index is 12.2. The van der Waals surface area contributed by atoms with Crippen LogP contribution in [-0.2, 0) is 0 Å². The summed E-state index contributed by atoms with van der Waals surface area (Å²) >= 11 is 1.70. The first-order chi connectivity index (χ1) is 10.1. The SMILES string of the molecule is COc1cccc(C(=O)NC(C)c2ccc(SC)cc2)c1. The standard InChI is InChI=1S/C17H19NO2S/c1-12(13-7-9-16(21-3)10-8-13)18-17(19)14-5-4-6-15(11-14)20-2/h4-12H,1-3H3,(H,18,19). The molecular weight excluding hydrogens is 282 g/mol. The topological polar surface area (TPSA) is 38.3 Å². The lowest BCUT2D eigenvalue weighted by Crippen LogP contribution is -2.26. The van der Waals surface area contributed by atoms with E-state index in [-0.39, 0.29) is 11.9 Å². The summed E-state index contributed by atoms with van der Waals surface area (Å²) in [4.78, 5) is 13.5. The van der Waals surface area contributed by atoms with Gasteiger partial charge in [-0.25, -0.2) is 0 Å². The van der Waals surface area contributed by atoms with Crippen LogP contribution in [0.5, 0.6) is 5.75 Å². The maximum atomic E-state index is 12.2. The molecular formula is C17H19NO2S. The summed E-state index contributed by atoms with van der Waals surface area (Å²) < 4.78 is 5.14. The van der Waals surface area contributed by atoms with Gasteiger partial charge in [-0.3, -0.25) is 4.79 Å². The quantitative estimate of drug-likeness (QED) is 0.851. The van der Waals surface area contributed by atoms with Gasteiger partial charge in [-0.15, -0.1) is 11.8 Å². The summed E-state index contributed by atoms with van der Waals surface area (Å²) in [6, 6.07) is 15.3. The number of benzene rings is 2. The van der Waals surface area contributed by atoms with Gasteiger partial charge < -0.3 is 10.1 Å². The van der Waals surface area contributed by atoms with Crippen molar-refractivity contribution < 1.29 is 9.53 Å². The normalized spacial score (nSPS) is 11.8. The van der Waals surface area contributed by atoms with Gasteiger partial charge in [-0.2, -0.15) is 0 Å². The van der Waals surface area contributed by atoms with Crippen molar-refractivity contribution in [2.75, 3.05) is 13.4 Å². The van der Waals surface area contributed by atoms with Crippen LogP contribution in [0.2, 0.25) is 0 Å². The fourth-order valence-electron chi connectivity index (χ4n) is 2.02. The monoisotopic (exact) mass is 301 g/mol. The van der Waals surface area contributed by atoms with E-state index in [0.29, 0.717) is 11.3 Å². The zero-order valence-corrected chi connectivity index (χ0v) is 13.2. The molecule has 3 nitrogen and oxygen atoms in total. The van der Waals surface area contributed by atoms with Crippen molar-refractivity contribution in [3.63, 3.8) is 0 Å². The molecule has 0 saturated carbocycles. The smallest absolute Gasteiger partial charge is 0.251 e. The van der Waals surface area contributed by atoms with E-state index in [9.17, 15) is 4.79 Å². The van der Waals surface area contributed by atoms with Gasteiger partial charge in [-0.05, 0) is 49.1 Å². The molecule has 0 radical (unpaired) electrons. The predicted molar refractivity (Wildman–Crippen MR) is 87.1 cm³/mol. The Morgan fingerprint density at radius 2 is 1.90 bits per heavy atom. The summed E-state index contributed by atoms with van der Waals surface area (Å²) in [5.74, 6) is 0.579. The summed E-state index contributed by atoms with van der Waals surface area (Å²) in [6.07, 6.45) is 2.04. The van der Waals surface area contributed by atoms with E-state index in [1.807, 2.05) is 37.4 Å². The second-order valence-corrected chi connectivity index (χ2v) is 5.58. The van der Waals surface area contributed by atoms with Gasteiger partial charge in [0, 0.05) is 10.5 Å². The second kappa shape index (κ2) is 7.18. The highest BCUT2D eigenvalue weighted by Gasteiger charge is 2.12. The maximum Gasteiger partial charge on any atom is 0.251 e. The van der Waals surface area contributed by atoms with Crippen LogP contribution in [-0.4, -0.2) is 19.3 Å². The second-order valence-electron chi connectivity index (χ2n) is 4.70.